The molecule has 0 fully saturated rings. The molecular weight excluding hydrogens is 242 g/mol. The number of hydrogen-bond acceptors (Lipinski definition) is 3. The van der Waals surface area contributed by atoms with Crippen molar-refractivity contribution in [3.8, 4) is 11.3 Å². The summed E-state index contributed by atoms with van der Waals surface area (Å²) < 4.78 is 0. The minimum atomic E-state index is 0.583. The van der Waals surface area contributed by atoms with Gasteiger partial charge in [-0.2, -0.15) is 16.4 Å². The fraction of sp³-hybridized carbons (Fsp3) is 0.0714. The molecule has 1 aromatic carbocycles. The molecule has 0 aliphatic rings. The van der Waals surface area contributed by atoms with E-state index in [0.717, 1.165) is 23.2 Å². The molecule has 3 rings (SSSR count). The van der Waals surface area contributed by atoms with Gasteiger partial charge in [0, 0.05) is 22.9 Å². The van der Waals surface area contributed by atoms with Gasteiger partial charge in [-0.3, -0.25) is 5.10 Å². The van der Waals surface area contributed by atoms with Crippen LogP contribution in [-0.2, 0) is 6.42 Å². The van der Waals surface area contributed by atoms with E-state index in [1.165, 1.54) is 5.56 Å². The Labute approximate surface area is 109 Å². The lowest BCUT2D eigenvalue weighted by molar-refractivity contribution is 1.10. The fourth-order valence-corrected chi connectivity index (χ4v) is 2.65. The molecule has 0 atom stereocenters. The largest absolute Gasteiger partial charge is 0.382 e. The number of aromatic amines is 1. The SMILES string of the molecule is Nc1n[nH]c(-c2ccsc2)c1Cc1ccccc1. The highest BCUT2D eigenvalue weighted by Gasteiger charge is 2.13. The van der Waals surface area contributed by atoms with Crippen LogP contribution in [0.4, 0.5) is 5.82 Å². The second kappa shape index (κ2) is 4.66. The van der Waals surface area contributed by atoms with Crippen LogP contribution >= 0.6 is 11.3 Å². The van der Waals surface area contributed by atoms with Crippen LogP contribution < -0.4 is 5.73 Å². The summed E-state index contributed by atoms with van der Waals surface area (Å²) in [6.45, 7) is 0. The predicted molar refractivity (Wildman–Crippen MR) is 75.6 cm³/mol. The first-order chi connectivity index (χ1) is 8.84. The summed E-state index contributed by atoms with van der Waals surface area (Å²) in [5.74, 6) is 0.583. The zero-order chi connectivity index (χ0) is 12.4. The minimum absolute atomic E-state index is 0.583. The lowest BCUT2D eigenvalue weighted by Crippen LogP contribution is -1.94. The van der Waals surface area contributed by atoms with Gasteiger partial charge < -0.3 is 5.73 Å². The number of nitrogen functional groups attached to an aromatic ring is 1. The normalized spacial score (nSPS) is 10.7. The first kappa shape index (κ1) is 11.0. The maximum Gasteiger partial charge on any atom is 0.149 e. The fourth-order valence-electron chi connectivity index (χ4n) is 2.00. The number of nitrogens with zero attached hydrogens (tertiary/aromatic N) is 1. The summed E-state index contributed by atoms with van der Waals surface area (Å²) in [4.78, 5) is 0. The molecule has 0 amide bonds. The van der Waals surface area contributed by atoms with E-state index in [2.05, 4.69) is 39.2 Å². The van der Waals surface area contributed by atoms with Crippen molar-refractivity contribution in [2.45, 2.75) is 6.42 Å². The molecule has 2 heterocycles. The van der Waals surface area contributed by atoms with Crippen molar-refractivity contribution in [1.29, 1.82) is 0 Å². The Balaban J connectivity index is 1.99. The van der Waals surface area contributed by atoms with Crippen molar-refractivity contribution in [2.24, 2.45) is 0 Å². The van der Waals surface area contributed by atoms with E-state index in [9.17, 15) is 0 Å². The number of benzene rings is 1. The lowest BCUT2D eigenvalue weighted by atomic mass is 10.0. The van der Waals surface area contributed by atoms with Crippen LogP contribution in [0.3, 0.4) is 0 Å². The Morgan fingerprint density at radius 2 is 2.00 bits per heavy atom. The summed E-state index contributed by atoms with van der Waals surface area (Å²) >= 11 is 1.67. The van der Waals surface area contributed by atoms with E-state index in [1.54, 1.807) is 11.3 Å². The third-order valence-corrected chi connectivity index (χ3v) is 3.62. The highest BCUT2D eigenvalue weighted by molar-refractivity contribution is 7.08. The van der Waals surface area contributed by atoms with Crippen LogP contribution in [-0.4, -0.2) is 10.2 Å². The Kier molecular flexibility index (Phi) is 2.86. The summed E-state index contributed by atoms with van der Waals surface area (Å²) in [6.07, 6.45) is 0.800. The molecule has 0 bridgehead atoms. The van der Waals surface area contributed by atoms with Gasteiger partial charge in [0.25, 0.3) is 0 Å². The maximum atomic E-state index is 5.96. The molecule has 0 saturated carbocycles. The predicted octanol–water partition coefficient (Wildman–Crippen LogP) is 3.31. The molecule has 4 heteroatoms. The van der Waals surface area contributed by atoms with E-state index >= 15 is 0 Å². The van der Waals surface area contributed by atoms with E-state index in [-0.39, 0.29) is 0 Å². The number of thiophene rings is 1. The molecule has 0 aliphatic heterocycles. The first-order valence-electron chi connectivity index (χ1n) is 5.74. The summed E-state index contributed by atoms with van der Waals surface area (Å²) in [7, 11) is 0. The van der Waals surface area contributed by atoms with Crippen LogP contribution in [0, 0.1) is 0 Å². The van der Waals surface area contributed by atoms with Crippen molar-refractivity contribution < 1.29 is 0 Å². The third-order valence-electron chi connectivity index (χ3n) is 2.93. The van der Waals surface area contributed by atoms with Crippen LogP contribution in [0.25, 0.3) is 11.3 Å². The van der Waals surface area contributed by atoms with Crippen LogP contribution in [0.2, 0.25) is 0 Å². The standard InChI is InChI=1S/C14H13N3S/c15-14-12(8-10-4-2-1-3-5-10)13(16-17-14)11-6-7-18-9-11/h1-7,9H,8H2,(H3,15,16,17). The molecule has 0 radical (unpaired) electrons. The van der Waals surface area contributed by atoms with Crippen LogP contribution in [0.5, 0.6) is 0 Å². The molecule has 0 saturated heterocycles. The van der Waals surface area contributed by atoms with Gasteiger partial charge in [0.1, 0.15) is 5.82 Å². The highest BCUT2D eigenvalue weighted by Crippen LogP contribution is 2.28. The average Bonchev–Trinajstić information content (AvgIpc) is 3.02. The van der Waals surface area contributed by atoms with E-state index in [4.69, 9.17) is 5.73 Å². The zero-order valence-electron chi connectivity index (χ0n) is 9.76. The summed E-state index contributed by atoms with van der Waals surface area (Å²) in [5.41, 5.74) is 10.4. The van der Waals surface area contributed by atoms with Gasteiger partial charge in [-0.1, -0.05) is 30.3 Å². The van der Waals surface area contributed by atoms with Crippen molar-refractivity contribution in [3.05, 3.63) is 58.3 Å². The Hall–Kier alpha value is -2.07. The Morgan fingerprint density at radius 1 is 1.17 bits per heavy atom. The molecule has 0 spiro atoms. The average molecular weight is 255 g/mol. The van der Waals surface area contributed by atoms with Crippen molar-refractivity contribution in [1.82, 2.24) is 10.2 Å². The second-order valence-electron chi connectivity index (χ2n) is 4.14. The molecule has 2 aromatic heterocycles. The molecule has 90 valence electrons. The smallest absolute Gasteiger partial charge is 0.149 e. The van der Waals surface area contributed by atoms with E-state index < -0.39 is 0 Å². The number of aromatic nitrogens is 2. The Bertz CT molecular complexity index is 626. The zero-order valence-corrected chi connectivity index (χ0v) is 10.6. The van der Waals surface area contributed by atoms with Gasteiger partial charge in [-0.25, -0.2) is 0 Å². The number of anilines is 1. The molecule has 3 nitrogen and oxygen atoms in total. The molecular formula is C14H13N3S. The molecule has 3 aromatic rings. The summed E-state index contributed by atoms with van der Waals surface area (Å²) in [6, 6.07) is 12.4. The maximum absolute atomic E-state index is 5.96. The molecule has 3 N–H and O–H groups in total. The molecule has 0 unspecified atom stereocenters. The van der Waals surface area contributed by atoms with E-state index in [0.29, 0.717) is 5.82 Å². The highest BCUT2D eigenvalue weighted by atomic mass is 32.1. The van der Waals surface area contributed by atoms with Gasteiger partial charge in [0.2, 0.25) is 0 Å². The Morgan fingerprint density at radius 3 is 2.72 bits per heavy atom. The van der Waals surface area contributed by atoms with Gasteiger partial charge in [-0.05, 0) is 17.0 Å². The second-order valence-corrected chi connectivity index (χ2v) is 4.92. The van der Waals surface area contributed by atoms with Crippen LogP contribution in [0.1, 0.15) is 11.1 Å². The lowest BCUT2D eigenvalue weighted by Gasteiger charge is -2.03. The number of H-pyrrole nitrogens is 1. The minimum Gasteiger partial charge on any atom is -0.382 e. The van der Waals surface area contributed by atoms with Gasteiger partial charge in [-0.15, -0.1) is 0 Å². The monoisotopic (exact) mass is 255 g/mol. The van der Waals surface area contributed by atoms with Crippen molar-refractivity contribution >= 4 is 17.2 Å². The van der Waals surface area contributed by atoms with Gasteiger partial charge >= 0.3 is 0 Å². The number of hydrogen-bond donors (Lipinski definition) is 2. The molecule has 18 heavy (non-hydrogen) atoms. The first-order valence-corrected chi connectivity index (χ1v) is 6.68. The van der Waals surface area contributed by atoms with Gasteiger partial charge in [0.15, 0.2) is 0 Å². The topological polar surface area (TPSA) is 54.7 Å². The molecule has 0 aliphatic carbocycles. The number of rotatable bonds is 3. The third kappa shape index (κ3) is 2.02. The van der Waals surface area contributed by atoms with Crippen LogP contribution in [0.15, 0.2) is 47.2 Å². The van der Waals surface area contributed by atoms with Crippen molar-refractivity contribution in [3.63, 3.8) is 0 Å². The van der Waals surface area contributed by atoms with Crippen molar-refractivity contribution in [2.75, 3.05) is 5.73 Å². The number of nitrogens with one attached hydrogen (secondary N) is 1. The van der Waals surface area contributed by atoms with Gasteiger partial charge in [0.05, 0.1) is 5.69 Å². The summed E-state index contributed by atoms with van der Waals surface area (Å²) in [5, 5.41) is 11.3. The van der Waals surface area contributed by atoms with E-state index in [1.807, 2.05) is 18.2 Å². The number of nitrogens with two attached hydrogens (primary N) is 1. The quantitative estimate of drug-likeness (QED) is 0.754.